The molecule has 2 heterocycles. The summed E-state index contributed by atoms with van der Waals surface area (Å²) in [6, 6.07) is 14.6. The van der Waals surface area contributed by atoms with Crippen LogP contribution in [0.3, 0.4) is 0 Å². The van der Waals surface area contributed by atoms with Gasteiger partial charge in [0.05, 0.1) is 19.2 Å². The first kappa shape index (κ1) is 18.0. The molecule has 0 saturated carbocycles. The van der Waals surface area contributed by atoms with E-state index in [0.29, 0.717) is 31.1 Å². The number of rotatable bonds is 1. The zero-order valence-corrected chi connectivity index (χ0v) is 15.8. The molecule has 4 rings (SSSR count). The van der Waals surface area contributed by atoms with Crippen LogP contribution in [0.5, 0.6) is 11.5 Å². The molecule has 2 aromatic carbocycles. The first-order valence-electron chi connectivity index (χ1n) is 9.13. The van der Waals surface area contributed by atoms with Crippen molar-refractivity contribution < 1.29 is 19.1 Å². The van der Waals surface area contributed by atoms with E-state index in [1.165, 1.54) is 14.0 Å². The van der Waals surface area contributed by atoms with Crippen LogP contribution in [-0.2, 0) is 14.3 Å². The number of carbonyl (C=O) groups is 2. The maximum atomic E-state index is 12.3. The van der Waals surface area contributed by atoms with Gasteiger partial charge in [0.15, 0.2) is 5.75 Å². The highest BCUT2D eigenvalue weighted by Crippen LogP contribution is 2.38. The summed E-state index contributed by atoms with van der Waals surface area (Å²) in [6.07, 6.45) is 0. The highest BCUT2D eigenvalue weighted by molar-refractivity contribution is 6.04. The summed E-state index contributed by atoms with van der Waals surface area (Å²) in [7, 11) is 1.34. The molecule has 1 atom stereocenters. The monoisotopic (exact) mass is 379 g/mol. The molecule has 1 saturated heterocycles. The second kappa shape index (κ2) is 7.34. The first-order chi connectivity index (χ1) is 13.6. The molecule has 0 N–H and O–H groups in total. The number of esters is 1. The predicted molar refractivity (Wildman–Crippen MR) is 104 cm³/mol. The van der Waals surface area contributed by atoms with Crippen LogP contribution in [0.15, 0.2) is 53.5 Å². The second-order valence-electron chi connectivity index (χ2n) is 6.70. The van der Waals surface area contributed by atoms with Crippen molar-refractivity contribution in [2.75, 3.05) is 26.7 Å². The number of fused-ring (bicyclic) bond motifs is 2. The Labute approximate surface area is 163 Å². The van der Waals surface area contributed by atoms with E-state index in [4.69, 9.17) is 14.5 Å². The Balaban J connectivity index is 1.76. The SMILES string of the molecule is COC(=O)C1CN(C2=Nc3ccccc3Oc3ccccc32)CCN1C(C)=O. The molecule has 0 radical (unpaired) electrons. The Morgan fingerprint density at radius 2 is 1.79 bits per heavy atom. The number of piperazine rings is 1. The number of amidine groups is 1. The molecular weight excluding hydrogens is 358 g/mol. The van der Waals surface area contributed by atoms with Crippen molar-refractivity contribution in [3.63, 3.8) is 0 Å². The average Bonchev–Trinajstić information content (AvgIpc) is 2.89. The fraction of sp³-hybridized carbons (Fsp3) is 0.286. The molecule has 0 aliphatic carbocycles. The maximum Gasteiger partial charge on any atom is 0.330 e. The summed E-state index contributed by atoms with van der Waals surface area (Å²) < 4.78 is 11.0. The Morgan fingerprint density at radius 3 is 2.54 bits per heavy atom. The number of methoxy groups -OCH3 is 1. The van der Waals surface area contributed by atoms with Crippen LogP contribution in [0.1, 0.15) is 12.5 Å². The summed E-state index contributed by atoms with van der Waals surface area (Å²) in [6.45, 7) is 2.75. The van der Waals surface area contributed by atoms with Gasteiger partial charge in [0.2, 0.25) is 5.91 Å². The molecule has 2 aliphatic rings. The van der Waals surface area contributed by atoms with Gasteiger partial charge in [-0.25, -0.2) is 9.79 Å². The van der Waals surface area contributed by atoms with Crippen LogP contribution in [0.4, 0.5) is 5.69 Å². The minimum absolute atomic E-state index is 0.146. The van der Waals surface area contributed by atoms with Gasteiger partial charge >= 0.3 is 5.97 Å². The van der Waals surface area contributed by atoms with Gasteiger partial charge in [-0.2, -0.15) is 0 Å². The van der Waals surface area contributed by atoms with E-state index in [2.05, 4.69) is 0 Å². The molecule has 2 aromatic rings. The minimum Gasteiger partial charge on any atom is -0.467 e. The smallest absolute Gasteiger partial charge is 0.330 e. The lowest BCUT2D eigenvalue weighted by Crippen LogP contribution is -2.59. The van der Waals surface area contributed by atoms with E-state index < -0.39 is 12.0 Å². The third-order valence-electron chi connectivity index (χ3n) is 5.00. The molecule has 1 unspecified atom stereocenters. The standard InChI is InChI=1S/C21H21N3O4/c1-14(25)24-12-11-23(13-17(24)21(26)27-2)20-15-7-3-5-9-18(15)28-19-10-6-4-8-16(19)22-20/h3-10,17H,11-13H2,1-2H3. The van der Waals surface area contributed by atoms with Crippen LogP contribution in [-0.4, -0.2) is 60.3 Å². The zero-order chi connectivity index (χ0) is 19.7. The van der Waals surface area contributed by atoms with Crippen LogP contribution in [0.2, 0.25) is 0 Å². The third-order valence-corrected chi connectivity index (χ3v) is 5.00. The molecule has 7 nitrogen and oxygen atoms in total. The number of hydrogen-bond acceptors (Lipinski definition) is 6. The number of amides is 1. The van der Waals surface area contributed by atoms with Crippen LogP contribution in [0, 0.1) is 0 Å². The van der Waals surface area contributed by atoms with E-state index in [0.717, 1.165) is 17.1 Å². The largest absolute Gasteiger partial charge is 0.467 e. The topological polar surface area (TPSA) is 71.4 Å². The number of nitrogens with zero attached hydrogens (tertiary/aromatic N) is 3. The van der Waals surface area contributed by atoms with Crippen LogP contribution in [0.25, 0.3) is 0 Å². The fourth-order valence-corrected chi connectivity index (χ4v) is 3.60. The Bertz CT molecular complexity index is 956. The number of ether oxygens (including phenoxy) is 2. The van der Waals surface area contributed by atoms with Crippen LogP contribution < -0.4 is 4.74 Å². The van der Waals surface area contributed by atoms with Gasteiger partial charge in [-0.15, -0.1) is 0 Å². The van der Waals surface area contributed by atoms with Gasteiger partial charge in [0, 0.05) is 20.0 Å². The lowest BCUT2D eigenvalue weighted by molar-refractivity contribution is -0.154. The average molecular weight is 379 g/mol. The second-order valence-corrected chi connectivity index (χ2v) is 6.70. The fourth-order valence-electron chi connectivity index (χ4n) is 3.60. The van der Waals surface area contributed by atoms with Crippen molar-refractivity contribution in [1.29, 1.82) is 0 Å². The van der Waals surface area contributed by atoms with Gasteiger partial charge in [-0.05, 0) is 24.3 Å². The lowest BCUT2D eigenvalue weighted by Gasteiger charge is -2.40. The van der Waals surface area contributed by atoms with Crippen molar-refractivity contribution in [2.45, 2.75) is 13.0 Å². The van der Waals surface area contributed by atoms with Gasteiger partial charge in [-0.3, -0.25) is 4.79 Å². The summed E-state index contributed by atoms with van der Waals surface area (Å²) in [5, 5.41) is 0. The van der Waals surface area contributed by atoms with Gasteiger partial charge in [0.25, 0.3) is 0 Å². The highest BCUT2D eigenvalue weighted by atomic mass is 16.5. The molecule has 1 amide bonds. The van der Waals surface area contributed by atoms with Crippen molar-refractivity contribution in [3.8, 4) is 11.5 Å². The van der Waals surface area contributed by atoms with Crippen molar-refractivity contribution in [3.05, 3.63) is 54.1 Å². The van der Waals surface area contributed by atoms with Crippen molar-refractivity contribution >= 4 is 23.4 Å². The Morgan fingerprint density at radius 1 is 1.07 bits per heavy atom. The Kier molecular flexibility index (Phi) is 4.73. The van der Waals surface area contributed by atoms with E-state index >= 15 is 0 Å². The molecular formula is C21H21N3O4. The van der Waals surface area contributed by atoms with Gasteiger partial charge < -0.3 is 19.3 Å². The summed E-state index contributed by atoms with van der Waals surface area (Å²) in [5.41, 5.74) is 1.57. The predicted octanol–water partition coefficient (Wildman–Crippen LogP) is 2.58. The number of aliphatic imine (C=N–C) groups is 1. The molecule has 0 bridgehead atoms. The normalized spacial score (nSPS) is 18.2. The zero-order valence-electron chi connectivity index (χ0n) is 15.8. The van der Waals surface area contributed by atoms with Crippen LogP contribution >= 0.6 is 0 Å². The lowest BCUT2D eigenvalue weighted by atomic mass is 10.1. The molecule has 2 aliphatic heterocycles. The minimum atomic E-state index is -0.675. The molecule has 7 heteroatoms. The molecule has 144 valence electrons. The number of benzene rings is 2. The summed E-state index contributed by atoms with van der Waals surface area (Å²) in [4.78, 5) is 32.7. The molecule has 28 heavy (non-hydrogen) atoms. The molecule has 0 spiro atoms. The third kappa shape index (κ3) is 3.19. The summed E-state index contributed by atoms with van der Waals surface area (Å²) >= 11 is 0. The van der Waals surface area contributed by atoms with E-state index in [9.17, 15) is 9.59 Å². The van der Waals surface area contributed by atoms with E-state index in [1.54, 1.807) is 4.90 Å². The number of carbonyl (C=O) groups excluding carboxylic acids is 2. The number of para-hydroxylation sites is 3. The first-order valence-corrected chi connectivity index (χ1v) is 9.13. The number of hydrogen-bond donors (Lipinski definition) is 0. The summed E-state index contributed by atoms with van der Waals surface area (Å²) in [5.74, 6) is 1.52. The van der Waals surface area contributed by atoms with Gasteiger partial charge in [-0.1, -0.05) is 24.3 Å². The Hall–Kier alpha value is -3.35. The van der Waals surface area contributed by atoms with E-state index in [1.807, 2.05) is 53.4 Å². The molecule has 1 fully saturated rings. The quantitative estimate of drug-likeness (QED) is 0.712. The highest BCUT2D eigenvalue weighted by Gasteiger charge is 2.37. The van der Waals surface area contributed by atoms with E-state index in [-0.39, 0.29) is 5.91 Å². The van der Waals surface area contributed by atoms with Gasteiger partial charge in [0.1, 0.15) is 23.3 Å². The van der Waals surface area contributed by atoms with Crippen molar-refractivity contribution in [2.24, 2.45) is 4.99 Å². The van der Waals surface area contributed by atoms with Crippen molar-refractivity contribution in [1.82, 2.24) is 9.80 Å². The maximum absolute atomic E-state index is 12.3. The molecule has 0 aromatic heterocycles.